The number of aryl methyl sites for hydroxylation is 2. The highest BCUT2D eigenvalue weighted by Crippen LogP contribution is 2.48. The first-order valence-corrected chi connectivity index (χ1v) is 10.6. The summed E-state index contributed by atoms with van der Waals surface area (Å²) < 4.78 is 0. The van der Waals surface area contributed by atoms with E-state index in [1.54, 1.807) is 0 Å². The molecule has 29 heavy (non-hydrogen) atoms. The highest BCUT2D eigenvalue weighted by atomic mass is 15.4. The number of hydrogen-bond donors (Lipinski definition) is 1. The Labute approximate surface area is 173 Å². The molecule has 146 valence electrons. The Morgan fingerprint density at radius 2 is 1.48 bits per heavy atom. The summed E-state index contributed by atoms with van der Waals surface area (Å²) in [4.78, 5) is 2.60. The summed E-state index contributed by atoms with van der Waals surface area (Å²) >= 11 is 0. The van der Waals surface area contributed by atoms with Gasteiger partial charge in [0.1, 0.15) is 5.66 Å². The molecule has 1 saturated heterocycles. The minimum Gasteiger partial charge on any atom is -0.348 e. The standard InChI is InChI=1S/C27H28N2/c1-20-8-12-23(13-9-20)26-18-24(22-6-4-3-5-7-22)19-27(28-16-17-29(26)27)25-14-10-21(2)11-15-25/h3-15,18,24,28H,16-17,19H2,1-2H3/t24-,27-/m0/s1. The molecule has 3 aromatic carbocycles. The van der Waals surface area contributed by atoms with Gasteiger partial charge in [0, 0.05) is 24.7 Å². The average molecular weight is 381 g/mol. The Kier molecular flexibility index (Phi) is 4.52. The van der Waals surface area contributed by atoms with Crippen molar-refractivity contribution in [1.29, 1.82) is 0 Å². The van der Waals surface area contributed by atoms with Gasteiger partial charge in [0.2, 0.25) is 0 Å². The van der Waals surface area contributed by atoms with Gasteiger partial charge in [0.25, 0.3) is 0 Å². The molecule has 0 aromatic heterocycles. The fourth-order valence-corrected chi connectivity index (χ4v) is 4.92. The van der Waals surface area contributed by atoms with Crippen LogP contribution < -0.4 is 5.32 Å². The van der Waals surface area contributed by atoms with E-state index in [9.17, 15) is 0 Å². The molecule has 2 atom stereocenters. The predicted molar refractivity (Wildman–Crippen MR) is 121 cm³/mol. The Hall–Kier alpha value is -2.84. The Bertz CT molecular complexity index is 1020. The normalized spacial score (nSPS) is 23.6. The maximum Gasteiger partial charge on any atom is 0.118 e. The third kappa shape index (κ3) is 3.18. The van der Waals surface area contributed by atoms with E-state index in [1.165, 1.54) is 33.5 Å². The molecule has 0 aliphatic carbocycles. The number of allylic oxidation sites excluding steroid dienone is 1. The zero-order chi connectivity index (χ0) is 19.8. The number of fused-ring (bicyclic) bond motifs is 1. The summed E-state index contributed by atoms with van der Waals surface area (Å²) in [5.41, 5.74) is 7.83. The lowest BCUT2D eigenvalue weighted by molar-refractivity contribution is 0.156. The summed E-state index contributed by atoms with van der Waals surface area (Å²) in [6.07, 6.45) is 3.52. The molecule has 0 radical (unpaired) electrons. The molecule has 5 rings (SSSR count). The van der Waals surface area contributed by atoms with Gasteiger partial charge in [-0.25, -0.2) is 0 Å². The van der Waals surface area contributed by atoms with Crippen LogP contribution in [0.3, 0.4) is 0 Å². The van der Waals surface area contributed by atoms with E-state index in [0.717, 1.165) is 19.5 Å². The summed E-state index contributed by atoms with van der Waals surface area (Å²) in [5.74, 6) is 0.371. The summed E-state index contributed by atoms with van der Waals surface area (Å²) in [7, 11) is 0. The third-order valence-corrected chi connectivity index (χ3v) is 6.48. The molecule has 0 unspecified atom stereocenters. The highest BCUT2D eigenvalue weighted by Gasteiger charge is 2.47. The Balaban J connectivity index is 1.67. The van der Waals surface area contributed by atoms with E-state index in [2.05, 4.69) is 109 Å². The smallest absolute Gasteiger partial charge is 0.118 e. The number of benzene rings is 3. The second-order valence-corrected chi connectivity index (χ2v) is 8.44. The lowest BCUT2D eigenvalue weighted by atomic mass is 9.79. The molecule has 2 heterocycles. The van der Waals surface area contributed by atoms with Gasteiger partial charge < -0.3 is 4.90 Å². The Morgan fingerprint density at radius 1 is 0.828 bits per heavy atom. The van der Waals surface area contributed by atoms with E-state index in [0.29, 0.717) is 5.92 Å². The van der Waals surface area contributed by atoms with Gasteiger partial charge in [0.15, 0.2) is 0 Å². The first-order chi connectivity index (χ1) is 14.2. The van der Waals surface area contributed by atoms with Crippen LogP contribution in [-0.4, -0.2) is 18.0 Å². The number of hydrogen-bond acceptors (Lipinski definition) is 2. The molecule has 2 heteroatoms. The molecule has 0 amide bonds. The number of rotatable bonds is 3. The van der Waals surface area contributed by atoms with Crippen LogP contribution in [0, 0.1) is 13.8 Å². The van der Waals surface area contributed by atoms with Crippen molar-refractivity contribution in [2.45, 2.75) is 31.8 Å². The molecule has 1 fully saturated rings. The van der Waals surface area contributed by atoms with Gasteiger partial charge in [-0.2, -0.15) is 0 Å². The average Bonchev–Trinajstić information content (AvgIpc) is 3.20. The fourth-order valence-electron chi connectivity index (χ4n) is 4.92. The van der Waals surface area contributed by atoms with E-state index >= 15 is 0 Å². The molecule has 2 aliphatic heterocycles. The van der Waals surface area contributed by atoms with E-state index in [4.69, 9.17) is 0 Å². The second kappa shape index (κ2) is 7.20. The molecular formula is C27H28N2. The zero-order valence-electron chi connectivity index (χ0n) is 17.2. The van der Waals surface area contributed by atoms with Gasteiger partial charge >= 0.3 is 0 Å². The van der Waals surface area contributed by atoms with Crippen LogP contribution in [0.1, 0.15) is 40.2 Å². The molecule has 2 aliphatic rings. The van der Waals surface area contributed by atoms with Crippen molar-refractivity contribution in [3.05, 3.63) is 113 Å². The maximum absolute atomic E-state index is 3.90. The van der Waals surface area contributed by atoms with Crippen molar-refractivity contribution in [3.8, 4) is 0 Å². The van der Waals surface area contributed by atoms with E-state index < -0.39 is 0 Å². The maximum atomic E-state index is 3.90. The van der Waals surface area contributed by atoms with Crippen molar-refractivity contribution in [3.63, 3.8) is 0 Å². The number of nitrogens with zero attached hydrogens (tertiary/aromatic N) is 1. The SMILES string of the molecule is Cc1ccc(C2=C[C@H](c3ccccc3)C[C@]3(c4ccc(C)cc4)NCCN23)cc1. The fraction of sp³-hybridized carbons (Fsp3) is 0.259. The van der Waals surface area contributed by atoms with Crippen LogP contribution in [0.15, 0.2) is 84.9 Å². The van der Waals surface area contributed by atoms with Crippen LogP contribution in [-0.2, 0) is 5.66 Å². The summed E-state index contributed by atoms with van der Waals surface area (Å²) in [6.45, 7) is 6.33. The minimum absolute atomic E-state index is 0.164. The van der Waals surface area contributed by atoms with Gasteiger partial charge in [-0.1, -0.05) is 96.1 Å². The van der Waals surface area contributed by atoms with Crippen LogP contribution in [0.2, 0.25) is 0 Å². The predicted octanol–water partition coefficient (Wildman–Crippen LogP) is 5.59. The first-order valence-electron chi connectivity index (χ1n) is 10.6. The summed E-state index contributed by atoms with van der Waals surface area (Å²) in [6, 6.07) is 29.0. The van der Waals surface area contributed by atoms with Gasteiger partial charge in [-0.15, -0.1) is 0 Å². The van der Waals surface area contributed by atoms with Gasteiger partial charge in [-0.05, 0) is 37.0 Å². The quantitative estimate of drug-likeness (QED) is 0.637. The van der Waals surface area contributed by atoms with Crippen LogP contribution >= 0.6 is 0 Å². The van der Waals surface area contributed by atoms with Crippen LogP contribution in [0.25, 0.3) is 5.70 Å². The lowest BCUT2D eigenvalue weighted by Gasteiger charge is -2.47. The van der Waals surface area contributed by atoms with Crippen molar-refractivity contribution >= 4 is 5.70 Å². The van der Waals surface area contributed by atoms with Crippen LogP contribution in [0.5, 0.6) is 0 Å². The molecular weight excluding hydrogens is 352 g/mol. The van der Waals surface area contributed by atoms with Gasteiger partial charge in [-0.3, -0.25) is 5.32 Å². The molecule has 3 aromatic rings. The zero-order valence-corrected chi connectivity index (χ0v) is 17.2. The molecule has 2 nitrogen and oxygen atoms in total. The molecule has 0 saturated carbocycles. The minimum atomic E-state index is -0.164. The van der Waals surface area contributed by atoms with E-state index in [1.807, 2.05) is 0 Å². The molecule has 0 bridgehead atoms. The second-order valence-electron chi connectivity index (χ2n) is 8.44. The monoisotopic (exact) mass is 380 g/mol. The van der Waals surface area contributed by atoms with Crippen molar-refractivity contribution in [2.75, 3.05) is 13.1 Å². The largest absolute Gasteiger partial charge is 0.348 e. The van der Waals surface area contributed by atoms with E-state index in [-0.39, 0.29) is 5.66 Å². The lowest BCUT2D eigenvalue weighted by Crippen LogP contribution is -2.50. The topological polar surface area (TPSA) is 15.3 Å². The van der Waals surface area contributed by atoms with Gasteiger partial charge in [0.05, 0.1) is 0 Å². The molecule has 1 N–H and O–H groups in total. The third-order valence-electron chi connectivity index (χ3n) is 6.48. The van der Waals surface area contributed by atoms with Crippen molar-refractivity contribution in [1.82, 2.24) is 10.2 Å². The van der Waals surface area contributed by atoms with Crippen molar-refractivity contribution in [2.24, 2.45) is 0 Å². The van der Waals surface area contributed by atoms with Crippen molar-refractivity contribution < 1.29 is 0 Å². The molecule has 0 spiro atoms. The highest BCUT2D eigenvalue weighted by molar-refractivity contribution is 5.68. The summed E-state index contributed by atoms with van der Waals surface area (Å²) in [5, 5.41) is 3.90. The van der Waals surface area contributed by atoms with Crippen LogP contribution in [0.4, 0.5) is 0 Å². The number of nitrogens with one attached hydrogen (secondary N) is 1. The Morgan fingerprint density at radius 3 is 2.17 bits per heavy atom. The first kappa shape index (κ1) is 18.2.